The van der Waals surface area contributed by atoms with E-state index in [1.54, 1.807) is 0 Å². The first-order chi connectivity index (χ1) is 8.04. The Bertz CT molecular complexity index is 540. The molecular formula is C14H23NO2S. The summed E-state index contributed by atoms with van der Waals surface area (Å²) in [5, 5.41) is 0. The van der Waals surface area contributed by atoms with Gasteiger partial charge in [0.2, 0.25) is 10.0 Å². The van der Waals surface area contributed by atoms with Crippen LogP contribution in [0.25, 0.3) is 0 Å². The molecule has 0 atom stereocenters. The summed E-state index contributed by atoms with van der Waals surface area (Å²) in [6.07, 6.45) is 2.00. The average Bonchev–Trinajstić information content (AvgIpc) is 2.13. The lowest BCUT2D eigenvalue weighted by molar-refractivity contribution is 0.589. The summed E-state index contributed by atoms with van der Waals surface area (Å²) in [6.45, 7) is 10.4. The van der Waals surface area contributed by atoms with Crippen molar-refractivity contribution in [1.82, 2.24) is 0 Å². The molecule has 1 rings (SSSR count). The van der Waals surface area contributed by atoms with Crippen LogP contribution in [-0.4, -0.2) is 14.7 Å². The smallest absolute Gasteiger partial charge is 0.229 e. The highest BCUT2D eigenvalue weighted by molar-refractivity contribution is 7.92. The maximum Gasteiger partial charge on any atom is 0.229 e. The summed E-state index contributed by atoms with van der Waals surface area (Å²) in [5.74, 6) is 0. The monoisotopic (exact) mass is 269 g/mol. The molecule has 1 N–H and O–H groups in total. The van der Waals surface area contributed by atoms with E-state index in [2.05, 4.69) is 31.6 Å². The maximum atomic E-state index is 11.4. The largest absolute Gasteiger partial charge is 0.283 e. The molecule has 1 aromatic carbocycles. The fourth-order valence-corrected chi connectivity index (χ4v) is 2.59. The fraction of sp³-hybridized carbons (Fsp3) is 0.571. The van der Waals surface area contributed by atoms with Crippen molar-refractivity contribution in [3.05, 3.63) is 28.8 Å². The van der Waals surface area contributed by atoms with Gasteiger partial charge in [0, 0.05) is 0 Å². The molecular weight excluding hydrogens is 246 g/mol. The van der Waals surface area contributed by atoms with Crippen LogP contribution in [0.5, 0.6) is 0 Å². The topological polar surface area (TPSA) is 46.2 Å². The SMILES string of the molecule is CCc1c(C)cc(C(C)(C)C)cc1NS(C)(=O)=O. The van der Waals surface area contributed by atoms with Crippen LogP contribution in [-0.2, 0) is 21.9 Å². The van der Waals surface area contributed by atoms with Crippen molar-refractivity contribution in [3.8, 4) is 0 Å². The van der Waals surface area contributed by atoms with E-state index in [-0.39, 0.29) is 5.41 Å². The van der Waals surface area contributed by atoms with E-state index in [4.69, 9.17) is 0 Å². The zero-order chi connectivity index (χ0) is 14.1. The lowest BCUT2D eigenvalue weighted by Crippen LogP contribution is -2.16. The second-order valence-electron chi connectivity index (χ2n) is 5.80. The number of hydrogen-bond donors (Lipinski definition) is 1. The molecule has 102 valence electrons. The molecule has 0 spiro atoms. The third kappa shape index (κ3) is 3.73. The Morgan fingerprint density at radius 3 is 2.17 bits per heavy atom. The molecule has 0 saturated heterocycles. The van der Waals surface area contributed by atoms with Gasteiger partial charge < -0.3 is 0 Å². The Labute approximate surface area is 111 Å². The minimum atomic E-state index is -3.24. The van der Waals surface area contributed by atoms with Crippen LogP contribution < -0.4 is 4.72 Å². The second-order valence-corrected chi connectivity index (χ2v) is 7.55. The molecule has 0 heterocycles. The van der Waals surface area contributed by atoms with Gasteiger partial charge >= 0.3 is 0 Å². The highest BCUT2D eigenvalue weighted by Crippen LogP contribution is 2.30. The third-order valence-electron chi connectivity index (χ3n) is 2.99. The zero-order valence-corrected chi connectivity index (χ0v) is 12.9. The third-order valence-corrected chi connectivity index (χ3v) is 3.58. The number of rotatable bonds is 3. The van der Waals surface area contributed by atoms with Crippen molar-refractivity contribution in [2.75, 3.05) is 11.0 Å². The summed E-state index contributed by atoms with van der Waals surface area (Å²) in [4.78, 5) is 0. The van der Waals surface area contributed by atoms with E-state index in [0.29, 0.717) is 5.69 Å². The number of nitrogens with one attached hydrogen (secondary N) is 1. The number of hydrogen-bond acceptors (Lipinski definition) is 2. The molecule has 18 heavy (non-hydrogen) atoms. The van der Waals surface area contributed by atoms with E-state index in [9.17, 15) is 8.42 Å². The maximum absolute atomic E-state index is 11.4. The van der Waals surface area contributed by atoms with Gasteiger partial charge in [0.15, 0.2) is 0 Å². The standard InChI is InChI=1S/C14H23NO2S/c1-7-12-10(2)8-11(14(3,4)5)9-13(12)15-18(6,16)17/h8-9,15H,7H2,1-6H3. The van der Waals surface area contributed by atoms with Crippen LogP contribution in [0.3, 0.4) is 0 Å². The molecule has 0 radical (unpaired) electrons. The molecule has 0 saturated carbocycles. The molecule has 0 aromatic heterocycles. The van der Waals surface area contributed by atoms with Gasteiger partial charge in [-0.1, -0.05) is 33.8 Å². The summed E-state index contributed by atoms with van der Waals surface area (Å²) < 4.78 is 25.5. The highest BCUT2D eigenvalue weighted by atomic mass is 32.2. The van der Waals surface area contributed by atoms with Crippen molar-refractivity contribution >= 4 is 15.7 Å². The number of benzene rings is 1. The normalized spacial score (nSPS) is 12.6. The van der Waals surface area contributed by atoms with E-state index in [0.717, 1.165) is 23.1 Å². The molecule has 0 fully saturated rings. The minimum Gasteiger partial charge on any atom is -0.283 e. The summed E-state index contributed by atoms with van der Waals surface area (Å²) in [5.41, 5.74) is 4.06. The first-order valence-electron chi connectivity index (χ1n) is 6.16. The molecule has 0 aliphatic heterocycles. The van der Waals surface area contributed by atoms with Crippen molar-refractivity contribution in [2.45, 2.75) is 46.5 Å². The summed E-state index contributed by atoms with van der Waals surface area (Å²) in [6, 6.07) is 4.10. The van der Waals surface area contributed by atoms with E-state index >= 15 is 0 Å². The van der Waals surface area contributed by atoms with E-state index in [1.165, 1.54) is 6.26 Å². The van der Waals surface area contributed by atoms with Gasteiger partial charge in [0.05, 0.1) is 11.9 Å². The molecule has 0 aliphatic carbocycles. The lowest BCUT2D eigenvalue weighted by Gasteiger charge is -2.23. The first-order valence-corrected chi connectivity index (χ1v) is 8.05. The van der Waals surface area contributed by atoms with Crippen molar-refractivity contribution < 1.29 is 8.42 Å². The number of aryl methyl sites for hydroxylation is 1. The molecule has 3 nitrogen and oxygen atoms in total. The Morgan fingerprint density at radius 2 is 1.78 bits per heavy atom. The zero-order valence-electron chi connectivity index (χ0n) is 12.1. The first kappa shape index (κ1) is 15.0. The van der Waals surface area contributed by atoms with E-state index < -0.39 is 10.0 Å². The predicted molar refractivity (Wildman–Crippen MR) is 77.7 cm³/mol. The Morgan fingerprint density at radius 1 is 1.22 bits per heavy atom. The summed E-state index contributed by atoms with van der Waals surface area (Å²) in [7, 11) is -3.24. The Hall–Kier alpha value is -1.03. The molecule has 4 heteroatoms. The highest BCUT2D eigenvalue weighted by Gasteiger charge is 2.18. The lowest BCUT2D eigenvalue weighted by atomic mass is 9.84. The van der Waals surface area contributed by atoms with Gasteiger partial charge in [-0.3, -0.25) is 4.72 Å². The second kappa shape index (κ2) is 4.92. The van der Waals surface area contributed by atoms with Crippen LogP contribution in [0.15, 0.2) is 12.1 Å². The van der Waals surface area contributed by atoms with Crippen molar-refractivity contribution in [1.29, 1.82) is 0 Å². The number of sulfonamides is 1. The van der Waals surface area contributed by atoms with Crippen LogP contribution >= 0.6 is 0 Å². The molecule has 0 aliphatic rings. The Kier molecular flexibility index (Phi) is 4.11. The van der Waals surface area contributed by atoms with Gasteiger partial charge in [0.1, 0.15) is 0 Å². The quantitative estimate of drug-likeness (QED) is 0.915. The van der Waals surface area contributed by atoms with Gasteiger partial charge in [0.25, 0.3) is 0 Å². The molecule has 0 amide bonds. The molecule has 0 bridgehead atoms. The van der Waals surface area contributed by atoms with Crippen LogP contribution in [0.2, 0.25) is 0 Å². The van der Waals surface area contributed by atoms with Crippen LogP contribution in [0, 0.1) is 6.92 Å². The average molecular weight is 269 g/mol. The molecule has 1 aromatic rings. The van der Waals surface area contributed by atoms with Gasteiger partial charge in [-0.05, 0) is 41.5 Å². The van der Waals surface area contributed by atoms with Crippen molar-refractivity contribution in [3.63, 3.8) is 0 Å². The van der Waals surface area contributed by atoms with Crippen LogP contribution in [0.4, 0.5) is 5.69 Å². The van der Waals surface area contributed by atoms with E-state index in [1.807, 2.05) is 19.9 Å². The predicted octanol–water partition coefficient (Wildman–Crippen LogP) is 3.23. The van der Waals surface area contributed by atoms with Gasteiger partial charge in [-0.2, -0.15) is 0 Å². The van der Waals surface area contributed by atoms with Crippen LogP contribution in [0.1, 0.15) is 44.4 Å². The van der Waals surface area contributed by atoms with Gasteiger partial charge in [-0.25, -0.2) is 8.42 Å². The van der Waals surface area contributed by atoms with Crippen molar-refractivity contribution in [2.24, 2.45) is 0 Å². The number of anilines is 1. The molecule has 0 unspecified atom stereocenters. The van der Waals surface area contributed by atoms with Gasteiger partial charge in [-0.15, -0.1) is 0 Å². The fourth-order valence-electron chi connectivity index (χ4n) is 2.01. The Balaban J connectivity index is 3.42. The minimum absolute atomic E-state index is 0.00493. The summed E-state index contributed by atoms with van der Waals surface area (Å²) >= 11 is 0.